The zero-order chi connectivity index (χ0) is 13.8. The molecule has 0 heterocycles. The van der Waals surface area contributed by atoms with E-state index < -0.39 is 0 Å². The van der Waals surface area contributed by atoms with Crippen LogP contribution >= 0.6 is 11.6 Å². The summed E-state index contributed by atoms with van der Waals surface area (Å²) in [6.07, 6.45) is 4.85. The van der Waals surface area contributed by atoms with Crippen LogP contribution in [0.3, 0.4) is 0 Å². The molecule has 0 spiro atoms. The van der Waals surface area contributed by atoms with Crippen LogP contribution in [0.25, 0.3) is 0 Å². The van der Waals surface area contributed by atoms with Crippen molar-refractivity contribution in [2.75, 3.05) is 11.4 Å². The molecule has 1 aromatic carbocycles. The van der Waals surface area contributed by atoms with Crippen molar-refractivity contribution in [2.45, 2.75) is 51.5 Å². The molecule has 1 aliphatic carbocycles. The molecule has 2 rings (SSSR count). The Balaban J connectivity index is 2.36. The summed E-state index contributed by atoms with van der Waals surface area (Å²) in [4.78, 5) is 2.27. The topological polar surface area (TPSA) is 3.24 Å². The van der Waals surface area contributed by atoms with Crippen LogP contribution in [0.1, 0.15) is 45.1 Å². The van der Waals surface area contributed by atoms with Crippen LogP contribution < -0.4 is 4.90 Å². The van der Waals surface area contributed by atoms with Crippen LogP contribution in [-0.2, 0) is 5.88 Å². The van der Waals surface area contributed by atoms with E-state index in [1.165, 1.54) is 25.7 Å². The molecule has 0 aromatic heterocycles. The van der Waals surface area contributed by atoms with Gasteiger partial charge in [0.15, 0.2) is 0 Å². The number of hydrogen-bond donors (Lipinski definition) is 0. The van der Waals surface area contributed by atoms with Gasteiger partial charge < -0.3 is 4.90 Å². The molecule has 106 valence electrons. The zero-order valence-electron chi connectivity index (χ0n) is 11.8. The summed E-state index contributed by atoms with van der Waals surface area (Å²) in [5.74, 6) is 0.753. The number of halogens is 2. The van der Waals surface area contributed by atoms with Crippen molar-refractivity contribution < 1.29 is 4.39 Å². The summed E-state index contributed by atoms with van der Waals surface area (Å²) in [5, 5.41) is 0. The molecule has 3 heteroatoms. The second-order valence-corrected chi connectivity index (χ2v) is 6.13. The van der Waals surface area contributed by atoms with Crippen LogP contribution in [0.4, 0.5) is 10.1 Å². The fraction of sp³-hybridized carbons (Fsp3) is 0.625. The molecule has 1 aliphatic rings. The van der Waals surface area contributed by atoms with E-state index in [9.17, 15) is 4.39 Å². The van der Waals surface area contributed by atoms with Crippen molar-refractivity contribution in [1.82, 2.24) is 0 Å². The monoisotopic (exact) mass is 283 g/mol. The molecule has 0 bridgehead atoms. The molecule has 1 saturated carbocycles. The number of anilines is 1. The Kier molecular flexibility index (Phi) is 5.09. The van der Waals surface area contributed by atoms with Gasteiger partial charge in [-0.1, -0.05) is 38.8 Å². The van der Waals surface area contributed by atoms with E-state index >= 15 is 0 Å². The molecular weight excluding hydrogens is 261 g/mol. The molecule has 0 saturated heterocycles. The van der Waals surface area contributed by atoms with E-state index in [-0.39, 0.29) is 5.82 Å². The van der Waals surface area contributed by atoms with Gasteiger partial charge in [-0.2, -0.15) is 0 Å². The first-order chi connectivity index (χ1) is 9.13. The summed E-state index contributed by atoms with van der Waals surface area (Å²) >= 11 is 6.00. The predicted octanol–water partition coefficient (Wildman–Crippen LogP) is 4.97. The SMILES string of the molecule is CC(C)CN(c1c(F)cccc1CCl)C1CCCC1. The molecule has 1 aromatic rings. The summed E-state index contributed by atoms with van der Waals surface area (Å²) in [7, 11) is 0. The van der Waals surface area contributed by atoms with Crippen molar-refractivity contribution >= 4 is 17.3 Å². The summed E-state index contributed by atoms with van der Waals surface area (Å²) in [6.45, 7) is 5.27. The van der Waals surface area contributed by atoms with Crippen molar-refractivity contribution in [2.24, 2.45) is 5.92 Å². The summed E-state index contributed by atoms with van der Waals surface area (Å²) in [5.41, 5.74) is 1.65. The number of rotatable bonds is 5. The highest BCUT2D eigenvalue weighted by Gasteiger charge is 2.26. The maximum atomic E-state index is 14.3. The minimum atomic E-state index is -0.134. The Morgan fingerprint density at radius 1 is 1.32 bits per heavy atom. The Morgan fingerprint density at radius 2 is 2.00 bits per heavy atom. The average Bonchev–Trinajstić information content (AvgIpc) is 2.89. The first kappa shape index (κ1) is 14.6. The van der Waals surface area contributed by atoms with E-state index in [0.29, 0.717) is 17.8 Å². The van der Waals surface area contributed by atoms with Gasteiger partial charge >= 0.3 is 0 Å². The van der Waals surface area contributed by atoms with E-state index in [4.69, 9.17) is 11.6 Å². The maximum absolute atomic E-state index is 14.3. The molecule has 0 amide bonds. The molecule has 0 aliphatic heterocycles. The number of benzene rings is 1. The minimum absolute atomic E-state index is 0.134. The Morgan fingerprint density at radius 3 is 2.58 bits per heavy atom. The van der Waals surface area contributed by atoms with Gasteiger partial charge in [-0.05, 0) is 30.4 Å². The van der Waals surface area contributed by atoms with Gasteiger partial charge in [-0.15, -0.1) is 11.6 Å². The zero-order valence-corrected chi connectivity index (χ0v) is 12.6. The maximum Gasteiger partial charge on any atom is 0.146 e. The summed E-state index contributed by atoms with van der Waals surface area (Å²) in [6, 6.07) is 5.71. The number of alkyl halides is 1. The number of nitrogens with zero attached hydrogens (tertiary/aromatic N) is 1. The largest absolute Gasteiger partial charge is 0.366 e. The molecular formula is C16H23ClFN. The van der Waals surface area contributed by atoms with E-state index in [1.54, 1.807) is 12.1 Å². The lowest BCUT2D eigenvalue weighted by Crippen LogP contribution is -2.37. The third-order valence-corrected chi connectivity index (χ3v) is 4.12. The van der Waals surface area contributed by atoms with E-state index in [1.807, 2.05) is 6.07 Å². The van der Waals surface area contributed by atoms with Gasteiger partial charge in [0.1, 0.15) is 5.82 Å². The molecule has 1 nitrogen and oxygen atoms in total. The molecule has 0 N–H and O–H groups in total. The Labute approximate surface area is 120 Å². The van der Waals surface area contributed by atoms with Crippen LogP contribution in [0.5, 0.6) is 0 Å². The van der Waals surface area contributed by atoms with Crippen LogP contribution in [0.2, 0.25) is 0 Å². The number of para-hydroxylation sites is 1. The molecule has 0 unspecified atom stereocenters. The Hall–Kier alpha value is -0.760. The third-order valence-electron chi connectivity index (χ3n) is 3.83. The fourth-order valence-corrected chi connectivity index (χ4v) is 3.24. The van der Waals surface area contributed by atoms with Gasteiger partial charge in [-0.25, -0.2) is 4.39 Å². The lowest BCUT2D eigenvalue weighted by Gasteiger charge is -2.34. The molecule has 0 radical (unpaired) electrons. The quantitative estimate of drug-likeness (QED) is 0.690. The van der Waals surface area contributed by atoms with Crippen LogP contribution in [0.15, 0.2) is 18.2 Å². The minimum Gasteiger partial charge on any atom is -0.366 e. The normalized spacial score (nSPS) is 16.3. The van der Waals surface area contributed by atoms with Crippen molar-refractivity contribution in [3.63, 3.8) is 0 Å². The third kappa shape index (κ3) is 3.42. The highest BCUT2D eigenvalue weighted by molar-refractivity contribution is 6.17. The second kappa shape index (κ2) is 6.60. The highest BCUT2D eigenvalue weighted by atomic mass is 35.5. The van der Waals surface area contributed by atoms with Crippen LogP contribution in [-0.4, -0.2) is 12.6 Å². The fourth-order valence-electron chi connectivity index (χ4n) is 3.02. The Bertz CT molecular complexity index is 413. The second-order valence-electron chi connectivity index (χ2n) is 5.87. The van der Waals surface area contributed by atoms with Gasteiger partial charge in [0.05, 0.1) is 5.69 Å². The van der Waals surface area contributed by atoms with Crippen molar-refractivity contribution in [3.8, 4) is 0 Å². The highest BCUT2D eigenvalue weighted by Crippen LogP contribution is 2.33. The van der Waals surface area contributed by atoms with Gasteiger partial charge in [-0.3, -0.25) is 0 Å². The first-order valence-electron chi connectivity index (χ1n) is 7.23. The molecule has 19 heavy (non-hydrogen) atoms. The smallest absolute Gasteiger partial charge is 0.146 e. The predicted molar refractivity (Wildman–Crippen MR) is 80.4 cm³/mol. The summed E-state index contributed by atoms with van der Waals surface area (Å²) < 4.78 is 14.3. The molecule has 0 atom stereocenters. The molecule has 1 fully saturated rings. The van der Waals surface area contributed by atoms with Crippen molar-refractivity contribution in [1.29, 1.82) is 0 Å². The van der Waals surface area contributed by atoms with Gasteiger partial charge in [0, 0.05) is 18.5 Å². The van der Waals surface area contributed by atoms with Gasteiger partial charge in [0.25, 0.3) is 0 Å². The van der Waals surface area contributed by atoms with Crippen LogP contribution in [0, 0.1) is 11.7 Å². The van der Waals surface area contributed by atoms with E-state index in [2.05, 4.69) is 18.7 Å². The lowest BCUT2D eigenvalue weighted by atomic mass is 10.1. The lowest BCUT2D eigenvalue weighted by molar-refractivity contribution is 0.519. The standard InChI is InChI=1S/C16H23ClFN/c1-12(2)11-19(14-7-3-4-8-14)16-13(10-17)6-5-9-15(16)18/h5-6,9,12,14H,3-4,7-8,10-11H2,1-2H3. The number of hydrogen-bond acceptors (Lipinski definition) is 1. The average molecular weight is 284 g/mol. The first-order valence-corrected chi connectivity index (χ1v) is 7.77. The van der Waals surface area contributed by atoms with E-state index in [0.717, 1.165) is 17.8 Å². The van der Waals surface area contributed by atoms with Gasteiger partial charge in [0.2, 0.25) is 0 Å². The van der Waals surface area contributed by atoms with Crippen molar-refractivity contribution in [3.05, 3.63) is 29.6 Å².